The van der Waals surface area contributed by atoms with Crippen LogP contribution >= 0.6 is 15.9 Å². The van der Waals surface area contributed by atoms with Crippen LogP contribution in [-0.2, 0) is 21.2 Å². The predicted octanol–water partition coefficient (Wildman–Crippen LogP) is 4.22. The first kappa shape index (κ1) is 21.8. The number of aryl methyl sites for hydroxylation is 1. The van der Waals surface area contributed by atoms with E-state index in [0.29, 0.717) is 17.1 Å². The molecule has 0 aliphatic carbocycles. The third-order valence-electron chi connectivity index (χ3n) is 4.13. The number of hydrogen-bond acceptors (Lipinski definition) is 5. The minimum absolute atomic E-state index is 0.0700. The normalized spacial score (nSPS) is 11.0. The van der Waals surface area contributed by atoms with Crippen LogP contribution in [0.1, 0.15) is 12.5 Å². The second kappa shape index (κ2) is 9.73. The summed E-state index contributed by atoms with van der Waals surface area (Å²) in [5, 5.41) is 2.68. The zero-order valence-electron chi connectivity index (χ0n) is 16.1. The predicted molar refractivity (Wildman–Crippen MR) is 119 cm³/mol. The molecule has 0 fully saturated rings. The molecule has 0 bridgehead atoms. The van der Waals surface area contributed by atoms with E-state index in [-0.39, 0.29) is 17.4 Å². The van der Waals surface area contributed by atoms with Crippen LogP contribution in [0.3, 0.4) is 0 Å². The summed E-state index contributed by atoms with van der Waals surface area (Å²) in [6, 6.07) is 14.8. The highest BCUT2D eigenvalue weighted by Crippen LogP contribution is 2.26. The molecule has 1 amide bonds. The number of amides is 1. The summed E-state index contributed by atoms with van der Waals surface area (Å²) in [6.45, 7) is 1.88. The van der Waals surface area contributed by atoms with Crippen LogP contribution in [-0.4, -0.2) is 25.9 Å². The van der Waals surface area contributed by atoms with E-state index in [2.05, 4.69) is 37.9 Å². The molecule has 3 rings (SSSR count). The van der Waals surface area contributed by atoms with Crippen LogP contribution in [0.15, 0.2) is 76.4 Å². The highest BCUT2D eigenvalue weighted by atomic mass is 79.9. The highest BCUT2D eigenvalue weighted by Gasteiger charge is 2.14. The quantitative estimate of drug-likeness (QED) is 0.493. The first-order chi connectivity index (χ1) is 14.4. The smallest absolute Gasteiger partial charge is 0.262 e. The van der Waals surface area contributed by atoms with Crippen molar-refractivity contribution in [2.45, 2.75) is 18.2 Å². The molecule has 0 radical (unpaired) electrons. The number of nitrogens with zero attached hydrogens (tertiary/aromatic N) is 1. The van der Waals surface area contributed by atoms with Crippen molar-refractivity contribution in [1.82, 2.24) is 4.98 Å². The van der Waals surface area contributed by atoms with Crippen molar-refractivity contribution in [2.75, 3.05) is 16.6 Å². The maximum Gasteiger partial charge on any atom is 0.262 e. The molecule has 0 unspecified atom stereocenters. The fraction of sp³-hybridized carbons (Fsp3) is 0.143. The number of carbonyl (C=O) groups is 1. The molecule has 0 saturated carbocycles. The van der Waals surface area contributed by atoms with E-state index >= 15 is 0 Å². The van der Waals surface area contributed by atoms with Gasteiger partial charge in [-0.05, 0) is 76.4 Å². The van der Waals surface area contributed by atoms with Gasteiger partial charge < -0.3 is 10.1 Å². The molecule has 0 aliphatic heterocycles. The van der Waals surface area contributed by atoms with Gasteiger partial charge in [0, 0.05) is 11.9 Å². The minimum Gasteiger partial charge on any atom is -0.483 e. The summed E-state index contributed by atoms with van der Waals surface area (Å²) in [7, 11) is -3.75. The van der Waals surface area contributed by atoms with Crippen LogP contribution in [0.5, 0.6) is 5.75 Å². The molecule has 7 nitrogen and oxygen atoms in total. The van der Waals surface area contributed by atoms with Gasteiger partial charge in [-0.25, -0.2) is 8.42 Å². The highest BCUT2D eigenvalue weighted by molar-refractivity contribution is 9.10. The Morgan fingerprint density at radius 1 is 1.10 bits per heavy atom. The molecule has 1 aromatic heterocycles. The van der Waals surface area contributed by atoms with Crippen molar-refractivity contribution in [2.24, 2.45) is 0 Å². The molecule has 30 heavy (non-hydrogen) atoms. The molecule has 156 valence electrons. The number of aromatic nitrogens is 1. The summed E-state index contributed by atoms with van der Waals surface area (Å²) in [6.07, 6.45) is 3.88. The number of rotatable bonds is 8. The Bertz CT molecular complexity index is 1120. The largest absolute Gasteiger partial charge is 0.483 e. The van der Waals surface area contributed by atoms with Crippen LogP contribution < -0.4 is 14.8 Å². The summed E-state index contributed by atoms with van der Waals surface area (Å²) >= 11 is 3.43. The minimum atomic E-state index is -3.75. The fourth-order valence-corrected chi connectivity index (χ4v) is 4.16. The first-order valence-corrected chi connectivity index (χ1v) is 11.4. The van der Waals surface area contributed by atoms with Crippen molar-refractivity contribution >= 4 is 43.2 Å². The van der Waals surface area contributed by atoms with E-state index in [4.69, 9.17) is 4.74 Å². The van der Waals surface area contributed by atoms with Gasteiger partial charge in [0.1, 0.15) is 5.75 Å². The average Bonchev–Trinajstić information content (AvgIpc) is 2.73. The zero-order valence-corrected chi connectivity index (χ0v) is 18.5. The molecule has 0 spiro atoms. The SMILES string of the molecule is CCc1ccc(OCC(=O)Nc2ccc(S(=O)(=O)Nc3cccnc3)cc2)c(Br)c1. The van der Waals surface area contributed by atoms with Crippen molar-refractivity contribution in [3.8, 4) is 5.75 Å². The third-order valence-corrected chi connectivity index (χ3v) is 6.14. The van der Waals surface area contributed by atoms with Crippen LogP contribution in [0.25, 0.3) is 0 Å². The Hall–Kier alpha value is -2.91. The summed E-state index contributed by atoms with van der Waals surface area (Å²) in [5.74, 6) is 0.218. The van der Waals surface area contributed by atoms with Crippen LogP contribution in [0.4, 0.5) is 11.4 Å². The van der Waals surface area contributed by atoms with Gasteiger partial charge in [0.15, 0.2) is 6.61 Å². The lowest BCUT2D eigenvalue weighted by Gasteiger charge is -2.11. The molecular weight excluding hydrogens is 470 g/mol. The number of nitrogens with one attached hydrogen (secondary N) is 2. The number of pyridine rings is 1. The number of carbonyl (C=O) groups excluding carboxylic acids is 1. The monoisotopic (exact) mass is 489 g/mol. The van der Waals surface area contributed by atoms with Crippen molar-refractivity contribution < 1.29 is 17.9 Å². The first-order valence-electron chi connectivity index (χ1n) is 9.11. The van der Waals surface area contributed by atoms with Gasteiger partial charge in [0.2, 0.25) is 0 Å². The maximum atomic E-state index is 12.4. The van der Waals surface area contributed by atoms with E-state index in [1.165, 1.54) is 30.5 Å². The van der Waals surface area contributed by atoms with E-state index in [1.54, 1.807) is 18.3 Å². The molecule has 0 atom stereocenters. The van der Waals surface area contributed by atoms with Gasteiger partial charge in [-0.15, -0.1) is 0 Å². The van der Waals surface area contributed by atoms with Crippen molar-refractivity contribution in [3.63, 3.8) is 0 Å². The van der Waals surface area contributed by atoms with Crippen LogP contribution in [0.2, 0.25) is 0 Å². The Kier molecular flexibility index (Phi) is 7.07. The van der Waals surface area contributed by atoms with E-state index in [1.807, 2.05) is 18.2 Å². The van der Waals surface area contributed by atoms with E-state index in [9.17, 15) is 13.2 Å². The lowest BCUT2D eigenvalue weighted by molar-refractivity contribution is -0.118. The molecule has 2 aromatic carbocycles. The van der Waals surface area contributed by atoms with E-state index in [0.717, 1.165) is 16.5 Å². The second-order valence-electron chi connectivity index (χ2n) is 6.33. The molecule has 3 aromatic rings. The molecule has 0 saturated heterocycles. The van der Waals surface area contributed by atoms with Gasteiger partial charge in [-0.1, -0.05) is 13.0 Å². The number of sulfonamides is 1. The molecule has 2 N–H and O–H groups in total. The number of hydrogen-bond donors (Lipinski definition) is 2. The summed E-state index contributed by atoms with van der Waals surface area (Å²) < 4.78 is 33.6. The number of anilines is 2. The Morgan fingerprint density at radius 2 is 1.87 bits per heavy atom. The lowest BCUT2D eigenvalue weighted by Crippen LogP contribution is -2.20. The molecule has 0 aliphatic rings. The zero-order chi connectivity index (χ0) is 21.6. The Morgan fingerprint density at radius 3 is 2.50 bits per heavy atom. The van der Waals surface area contributed by atoms with Crippen molar-refractivity contribution in [1.29, 1.82) is 0 Å². The van der Waals surface area contributed by atoms with Gasteiger partial charge in [0.05, 0.1) is 21.3 Å². The second-order valence-corrected chi connectivity index (χ2v) is 8.86. The topological polar surface area (TPSA) is 97.4 Å². The number of benzene rings is 2. The lowest BCUT2D eigenvalue weighted by atomic mass is 10.2. The standard InChI is InChI=1S/C21H20BrN3O4S/c1-2-15-5-10-20(19(22)12-15)29-14-21(26)24-16-6-8-18(9-7-16)30(27,28)25-17-4-3-11-23-13-17/h3-13,25H,2,14H2,1H3,(H,24,26). The van der Waals surface area contributed by atoms with E-state index < -0.39 is 10.0 Å². The van der Waals surface area contributed by atoms with Crippen molar-refractivity contribution in [3.05, 3.63) is 77.0 Å². The summed E-state index contributed by atoms with van der Waals surface area (Å²) in [4.78, 5) is 16.1. The molecule has 1 heterocycles. The summed E-state index contributed by atoms with van der Waals surface area (Å²) in [5.41, 5.74) is 1.99. The van der Waals surface area contributed by atoms with Gasteiger partial charge in [0.25, 0.3) is 15.9 Å². The fourth-order valence-electron chi connectivity index (χ4n) is 2.58. The molecular formula is C21H20BrN3O4S. The Labute approximate surface area is 183 Å². The average molecular weight is 490 g/mol. The van der Waals surface area contributed by atoms with Gasteiger partial charge >= 0.3 is 0 Å². The van der Waals surface area contributed by atoms with Gasteiger partial charge in [-0.2, -0.15) is 0 Å². The van der Waals surface area contributed by atoms with Crippen LogP contribution in [0, 0.1) is 0 Å². The third kappa shape index (κ3) is 5.80. The van der Waals surface area contributed by atoms with Gasteiger partial charge in [-0.3, -0.25) is 14.5 Å². The number of halogens is 1. The Balaban J connectivity index is 1.58. The molecule has 9 heteroatoms. The number of ether oxygens (including phenoxy) is 1. The maximum absolute atomic E-state index is 12.4.